The smallest absolute Gasteiger partial charge is 0.101 e. The van der Waals surface area contributed by atoms with Crippen molar-refractivity contribution in [3.05, 3.63) is 22.4 Å². The first-order valence-electron chi connectivity index (χ1n) is 5.35. The van der Waals surface area contributed by atoms with Crippen LogP contribution in [-0.4, -0.2) is 40.6 Å². The molecule has 1 heterocycles. The first kappa shape index (κ1) is 13.6. The zero-order chi connectivity index (χ0) is 12.0. The van der Waals surface area contributed by atoms with Crippen molar-refractivity contribution in [2.75, 3.05) is 19.8 Å². The van der Waals surface area contributed by atoms with Crippen LogP contribution in [0.3, 0.4) is 0 Å². The summed E-state index contributed by atoms with van der Waals surface area (Å²) in [6.07, 6.45) is 0.0148. The summed E-state index contributed by atoms with van der Waals surface area (Å²) in [4.78, 5) is 0.883. The summed E-state index contributed by atoms with van der Waals surface area (Å²) in [5.74, 6) is 0. The monoisotopic (exact) mass is 245 g/mol. The van der Waals surface area contributed by atoms with Gasteiger partial charge >= 0.3 is 0 Å². The van der Waals surface area contributed by atoms with Crippen LogP contribution in [0.25, 0.3) is 0 Å². The van der Waals surface area contributed by atoms with Crippen molar-refractivity contribution in [2.24, 2.45) is 0 Å². The van der Waals surface area contributed by atoms with Gasteiger partial charge < -0.3 is 20.6 Å². The average Bonchev–Trinajstić information content (AvgIpc) is 2.85. The van der Waals surface area contributed by atoms with Gasteiger partial charge in [-0.05, 0) is 17.9 Å². The van der Waals surface area contributed by atoms with Gasteiger partial charge in [0.05, 0.1) is 18.8 Å². The maximum atomic E-state index is 9.84. The van der Waals surface area contributed by atoms with E-state index in [1.54, 1.807) is 0 Å². The first-order valence-corrected chi connectivity index (χ1v) is 6.23. The number of hydrogen-bond acceptors (Lipinski definition) is 5. The lowest BCUT2D eigenvalue weighted by Crippen LogP contribution is -2.52. The number of thiophene rings is 1. The second kappa shape index (κ2) is 6.32. The molecule has 0 aliphatic heterocycles. The van der Waals surface area contributed by atoms with Crippen LogP contribution in [0.4, 0.5) is 0 Å². The molecule has 0 saturated heterocycles. The number of rotatable bonds is 7. The fraction of sp³-hybridized carbons (Fsp3) is 0.636. The van der Waals surface area contributed by atoms with Gasteiger partial charge in [-0.1, -0.05) is 13.0 Å². The Bertz CT molecular complexity index is 277. The quantitative estimate of drug-likeness (QED) is 0.564. The van der Waals surface area contributed by atoms with Crippen LogP contribution >= 0.6 is 11.3 Å². The molecule has 0 aliphatic rings. The molecule has 1 aromatic rings. The molecular weight excluding hydrogens is 226 g/mol. The minimum atomic E-state index is -0.696. The highest BCUT2D eigenvalue weighted by molar-refractivity contribution is 7.10. The lowest BCUT2D eigenvalue weighted by molar-refractivity contribution is 0.0713. The van der Waals surface area contributed by atoms with Crippen LogP contribution in [0, 0.1) is 0 Å². The van der Waals surface area contributed by atoms with E-state index in [0.29, 0.717) is 13.0 Å². The molecule has 1 unspecified atom stereocenters. The third-order valence-corrected chi connectivity index (χ3v) is 3.80. The summed E-state index contributed by atoms with van der Waals surface area (Å²) in [5, 5.41) is 33.2. The van der Waals surface area contributed by atoms with Gasteiger partial charge in [0, 0.05) is 11.4 Å². The molecule has 4 nitrogen and oxygen atoms in total. The predicted molar refractivity (Wildman–Crippen MR) is 64.5 cm³/mol. The molecule has 0 aliphatic carbocycles. The molecule has 0 fully saturated rings. The van der Waals surface area contributed by atoms with Crippen LogP contribution in [0.5, 0.6) is 0 Å². The van der Waals surface area contributed by atoms with Crippen LogP contribution in [0.1, 0.15) is 24.3 Å². The Balaban J connectivity index is 2.49. The molecule has 5 heteroatoms. The van der Waals surface area contributed by atoms with E-state index in [2.05, 4.69) is 5.32 Å². The zero-order valence-corrected chi connectivity index (χ0v) is 10.2. The Hall–Kier alpha value is -0.460. The van der Waals surface area contributed by atoms with E-state index < -0.39 is 11.6 Å². The molecular formula is C11H19NO3S. The lowest BCUT2D eigenvalue weighted by Gasteiger charge is -2.30. The largest absolute Gasteiger partial charge is 0.394 e. The van der Waals surface area contributed by atoms with Crippen molar-refractivity contribution in [1.29, 1.82) is 0 Å². The number of hydrogen-bond donors (Lipinski definition) is 4. The van der Waals surface area contributed by atoms with Crippen molar-refractivity contribution >= 4 is 11.3 Å². The normalized spacial score (nSPS) is 14.0. The Morgan fingerprint density at radius 3 is 2.56 bits per heavy atom. The maximum absolute atomic E-state index is 9.84. The molecule has 1 aromatic heterocycles. The number of aliphatic hydroxyl groups is 3. The standard InChI is InChI=1S/C11H19NO3S/c1-2-11(7-13,8-14)12-6-9(15)10-4-3-5-16-10/h3-5,9,12-15H,2,6-8H2,1H3. The molecule has 92 valence electrons. The highest BCUT2D eigenvalue weighted by Gasteiger charge is 2.26. The number of aliphatic hydroxyl groups excluding tert-OH is 3. The van der Waals surface area contributed by atoms with Crippen LogP contribution in [0.2, 0.25) is 0 Å². The fourth-order valence-electron chi connectivity index (χ4n) is 1.41. The molecule has 4 N–H and O–H groups in total. The van der Waals surface area contributed by atoms with E-state index in [9.17, 15) is 15.3 Å². The highest BCUT2D eigenvalue weighted by atomic mass is 32.1. The molecule has 1 rings (SSSR count). The Morgan fingerprint density at radius 1 is 1.44 bits per heavy atom. The summed E-state index contributed by atoms with van der Waals surface area (Å²) < 4.78 is 0. The third-order valence-electron chi connectivity index (χ3n) is 2.82. The average molecular weight is 245 g/mol. The highest BCUT2D eigenvalue weighted by Crippen LogP contribution is 2.19. The van der Waals surface area contributed by atoms with Gasteiger partial charge in [0.2, 0.25) is 0 Å². The summed E-state index contributed by atoms with van der Waals surface area (Å²) in [5.41, 5.74) is -0.696. The van der Waals surface area contributed by atoms with E-state index in [4.69, 9.17) is 0 Å². The van der Waals surface area contributed by atoms with Crippen LogP contribution in [0.15, 0.2) is 17.5 Å². The zero-order valence-electron chi connectivity index (χ0n) is 9.39. The predicted octanol–water partition coefficient (Wildman–Crippen LogP) is 0.505. The minimum Gasteiger partial charge on any atom is -0.394 e. The minimum absolute atomic E-state index is 0.142. The van der Waals surface area contributed by atoms with Gasteiger partial charge in [0.25, 0.3) is 0 Å². The van der Waals surface area contributed by atoms with Gasteiger partial charge in [-0.3, -0.25) is 0 Å². The Morgan fingerprint density at radius 2 is 2.12 bits per heavy atom. The molecule has 0 spiro atoms. The van der Waals surface area contributed by atoms with Crippen LogP contribution < -0.4 is 5.32 Å². The van der Waals surface area contributed by atoms with Crippen molar-refractivity contribution in [3.8, 4) is 0 Å². The van der Waals surface area contributed by atoms with Gasteiger partial charge in [-0.2, -0.15) is 0 Å². The maximum Gasteiger partial charge on any atom is 0.101 e. The van der Waals surface area contributed by atoms with E-state index in [1.807, 2.05) is 24.4 Å². The molecule has 0 saturated carbocycles. The molecule has 1 atom stereocenters. The van der Waals surface area contributed by atoms with Crippen molar-refractivity contribution in [2.45, 2.75) is 25.0 Å². The first-order chi connectivity index (χ1) is 7.67. The van der Waals surface area contributed by atoms with Gasteiger partial charge in [0.1, 0.15) is 6.10 Å². The molecule has 16 heavy (non-hydrogen) atoms. The summed E-state index contributed by atoms with van der Waals surface area (Å²) >= 11 is 1.49. The molecule has 0 amide bonds. The molecule has 0 radical (unpaired) electrons. The summed E-state index contributed by atoms with van der Waals surface area (Å²) in [7, 11) is 0. The molecule has 0 bridgehead atoms. The van der Waals surface area contributed by atoms with E-state index in [1.165, 1.54) is 11.3 Å². The number of β-amino-alcohol motifs (C(OH)–C–C–N with tert-alkyl or cyclic N) is 1. The van der Waals surface area contributed by atoms with Gasteiger partial charge in [0.15, 0.2) is 0 Å². The molecule has 0 aromatic carbocycles. The second-order valence-corrected chi connectivity index (χ2v) is 4.84. The Labute approximate surface area is 99.6 Å². The summed E-state index contributed by atoms with van der Waals surface area (Å²) in [6, 6.07) is 3.75. The lowest BCUT2D eigenvalue weighted by atomic mass is 9.98. The second-order valence-electron chi connectivity index (χ2n) is 3.86. The van der Waals surface area contributed by atoms with E-state index in [-0.39, 0.29) is 13.2 Å². The summed E-state index contributed by atoms with van der Waals surface area (Å²) in [6.45, 7) is 1.93. The van der Waals surface area contributed by atoms with Crippen molar-refractivity contribution < 1.29 is 15.3 Å². The fourth-order valence-corrected chi connectivity index (χ4v) is 2.12. The van der Waals surface area contributed by atoms with E-state index >= 15 is 0 Å². The SMILES string of the molecule is CCC(CO)(CO)NCC(O)c1cccs1. The number of nitrogens with one attached hydrogen (secondary N) is 1. The van der Waals surface area contributed by atoms with Gasteiger partial charge in [-0.25, -0.2) is 0 Å². The van der Waals surface area contributed by atoms with Gasteiger partial charge in [-0.15, -0.1) is 11.3 Å². The van der Waals surface area contributed by atoms with Crippen LogP contribution in [-0.2, 0) is 0 Å². The van der Waals surface area contributed by atoms with Crippen molar-refractivity contribution in [1.82, 2.24) is 5.32 Å². The Kier molecular flexibility index (Phi) is 5.37. The third kappa shape index (κ3) is 3.26. The van der Waals surface area contributed by atoms with Crippen molar-refractivity contribution in [3.63, 3.8) is 0 Å². The topological polar surface area (TPSA) is 72.7 Å². The van der Waals surface area contributed by atoms with E-state index in [0.717, 1.165) is 4.88 Å².